The van der Waals surface area contributed by atoms with Gasteiger partial charge in [-0.05, 0) is 49.8 Å². The number of carbonyl (C=O) groups is 1. The van der Waals surface area contributed by atoms with Crippen molar-refractivity contribution in [1.82, 2.24) is 15.0 Å². The van der Waals surface area contributed by atoms with E-state index in [1.807, 2.05) is 17.0 Å². The Morgan fingerprint density at radius 3 is 2.62 bits per heavy atom. The van der Waals surface area contributed by atoms with Crippen molar-refractivity contribution in [2.24, 2.45) is 5.92 Å². The molecule has 29 heavy (non-hydrogen) atoms. The number of hydrogen-bond acceptors (Lipinski definition) is 5. The summed E-state index contributed by atoms with van der Waals surface area (Å²) in [5.41, 5.74) is 2.82. The molecule has 0 bridgehead atoms. The Morgan fingerprint density at radius 1 is 1.21 bits per heavy atom. The van der Waals surface area contributed by atoms with Gasteiger partial charge in [0.2, 0.25) is 0 Å². The fourth-order valence-corrected chi connectivity index (χ4v) is 3.94. The van der Waals surface area contributed by atoms with Gasteiger partial charge in [0.25, 0.3) is 5.91 Å². The summed E-state index contributed by atoms with van der Waals surface area (Å²) in [6.07, 6.45) is 5.35. The Bertz CT molecular complexity index is 946. The minimum atomic E-state index is -0.914. The average molecular weight is 391 g/mol. The fourth-order valence-electron chi connectivity index (χ4n) is 3.94. The molecule has 1 unspecified atom stereocenters. The summed E-state index contributed by atoms with van der Waals surface area (Å²) < 4.78 is 5.35. The van der Waals surface area contributed by atoms with Crippen molar-refractivity contribution in [3.8, 4) is 11.3 Å². The molecule has 1 saturated heterocycles. The number of nitrogens with zero attached hydrogens (tertiary/aromatic N) is 3. The Kier molecular flexibility index (Phi) is 5.71. The standard InChI is InChI=1S/C23H25N3O3/c1-16(27)22-20(21(25-29-22)19-8-5-11-24-15-19)23(28)26-12-9-18(10-13-26)14-17-6-3-2-4-7-17/h2-8,11,15-16,18,27H,9-10,12-14H2,1H3. The molecule has 1 N–H and O–H groups in total. The number of amides is 1. The van der Waals surface area contributed by atoms with Gasteiger partial charge in [0.15, 0.2) is 5.76 Å². The molecule has 1 aliphatic rings. The van der Waals surface area contributed by atoms with Gasteiger partial charge >= 0.3 is 0 Å². The molecular weight excluding hydrogens is 366 g/mol. The molecular formula is C23H25N3O3. The van der Waals surface area contributed by atoms with Crippen LogP contribution in [-0.2, 0) is 6.42 Å². The predicted molar refractivity (Wildman–Crippen MR) is 109 cm³/mol. The molecule has 0 saturated carbocycles. The number of aromatic nitrogens is 2. The van der Waals surface area contributed by atoms with Crippen LogP contribution in [0.5, 0.6) is 0 Å². The van der Waals surface area contributed by atoms with Crippen LogP contribution in [0.15, 0.2) is 59.4 Å². The van der Waals surface area contributed by atoms with Crippen molar-refractivity contribution in [2.45, 2.75) is 32.3 Å². The highest BCUT2D eigenvalue weighted by molar-refractivity contribution is 6.01. The van der Waals surface area contributed by atoms with Gasteiger partial charge in [0.1, 0.15) is 17.4 Å². The van der Waals surface area contributed by atoms with E-state index >= 15 is 0 Å². The van der Waals surface area contributed by atoms with E-state index in [-0.39, 0.29) is 11.7 Å². The minimum absolute atomic E-state index is 0.140. The molecule has 1 amide bonds. The number of rotatable bonds is 5. The number of piperidine rings is 1. The molecule has 1 fully saturated rings. The molecule has 0 aliphatic carbocycles. The van der Waals surface area contributed by atoms with Crippen molar-refractivity contribution in [2.75, 3.05) is 13.1 Å². The first-order chi connectivity index (χ1) is 14.1. The highest BCUT2D eigenvalue weighted by atomic mass is 16.5. The predicted octanol–water partition coefficient (Wildman–Crippen LogP) is 3.88. The van der Waals surface area contributed by atoms with E-state index in [1.54, 1.807) is 25.4 Å². The first-order valence-corrected chi connectivity index (χ1v) is 10.0. The third-order valence-corrected chi connectivity index (χ3v) is 5.52. The van der Waals surface area contributed by atoms with Gasteiger partial charge in [-0.1, -0.05) is 35.5 Å². The van der Waals surface area contributed by atoms with E-state index in [2.05, 4.69) is 34.4 Å². The number of aliphatic hydroxyl groups is 1. The number of benzene rings is 1. The van der Waals surface area contributed by atoms with Crippen molar-refractivity contribution in [3.63, 3.8) is 0 Å². The Labute approximate surface area is 170 Å². The van der Waals surface area contributed by atoms with Crippen LogP contribution < -0.4 is 0 Å². The van der Waals surface area contributed by atoms with Crippen molar-refractivity contribution in [1.29, 1.82) is 0 Å². The topological polar surface area (TPSA) is 79.5 Å². The van der Waals surface area contributed by atoms with Gasteiger partial charge in [0, 0.05) is 31.0 Å². The van der Waals surface area contributed by atoms with Gasteiger partial charge in [-0.25, -0.2) is 0 Å². The number of aliphatic hydroxyl groups excluding tert-OH is 1. The van der Waals surface area contributed by atoms with Crippen LogP contribution in [-0.4, -0.2) is 39.1 Å². The van der Waals surface area contributed by atoms with Crippen LogP contribution in [0.25, 0.3) is 11.3 Å². The molecule has 1 atom stereocenters. The number of carbonyl (C=O) groups excluding carboxylic acids is 1. The summed E-state index contributed by atoms with van der Waals surface area (Å²) in [5.74, 6) is 0.636. The molecule has 1 aliphatic heterocycles. The van der Waals surface area contributed by atoms with Gasteiger partial charge < -0.3 is 14.5 Å². The number of likely N-dealkylation sites (tertiary alicyclic amines) is 1. The normalized spacial score (nSPS) is 16.0. The molecule has 150 valence electrons. The Morgan fingerprint density at radius 2 is 1.97 bits per heavy atom. The maximum atomic E-state index is 13.3. The Hall–Kier alpha value is -2.99. The zero-order valence-electron chi connectivity index (χ0n) is 16.5. The third-order valence-electron chi connectivity index (χ3n) is 5.52. The van der Waals surface area contributed by atoms with Crippen LogP contribution >= 0.6 is 0 Å². The zero-order chi connectivity index (χ0) is 20.2. The molecule has 6 nitrogen and oxygen atoms in total. The molecule has 3 aromatic rings. The molecule has 2 aromatic heterocycles. The Balaban J connectivity index is 1.51. The lowest BCUT2D eigenvalue weighted by Gasteiger charge is -2.32. The smallest absolute Gasteiger partial charge is 0.259 e. The van der Waals surface area contributed by atoms with E-state index in [0.717, 1.165) is 19.3 Å². The van der Waals surface area contributed by atoms with Crippen molar-refractivity contribution < 1.29 is 14.4 Å². The summed E-state index contributed by atoms with van der Waals surface area (Å²) >= 11 is 0. The number of hydrogen-bond donors (Lipinski definition) is 1. The lowest BCUT2D eigenvalue weighted by molar-refractivity contribution is 0.0680. The second-order valence-electron chi connectivity index (χ2n) is 7.61. The molecule has 3 heterocycles. The highest BCUT2D eigenvalue weighted by Gasteiger charge is 2.32. The maximum absolute atomic E-state index is 13.3. The number of pyridine rings is 1. The van der Waals surface area contributed by atoms with E-state index in [9.17, 15) is 9.90 Å². The summed E-state index contributed by atoms with van der Waals surface area (Å²) in [6, 6.07) is 14.1. The summed E-state index contributed by atoms with van der Waals surface area (Å²) in [7, 11) is 0. The largest absolute Gasteiger partial charge is 0.385 e. The van der Waals surface area contributed by atoms with Crippen LogP contribution in [0.4, 0.5) is 0 Å². The second-order valence-corrected chi connectivity index (χ2v) is 7.61. The van der Waals surface area contributed by atoms with Gasteiger partial charge in [-0.2, -0.15) is 0 Å². The molecule has 0 radical (unpaired) electrons. The maximum Gasteiger partial charge on any atom is 0.259 e. The van der Waals surface area contributed by atoms with E-state index in [0.29, 0.717) is 35.8 Å². The molecule has 0 spiro atoms. The van der Waals surface area contributed by atoms with Crippen LogP contribution in [0.2, 0.25) is 0 Å². The van der Waals surface area contributed by atoms with E-state index in [4.69, 9.17) is 4.52 Å². The molecule has 4 rings (SSSR count). The first-order valence-electron chi connectivity index (χ1n) is 10.0. The van der Waals surface area contributed by atoms with Gasteiger partial charge in [-0.3, -0.25) is 9.78 Å². The van der Waals surface area contributed by atoms with E-state index in [1.165, 1.54) is 5.56 Å². The lowest BCUT2D eigenvalue weighted by Crippen LogP contribution is -2.39. The average Bonchev–Trinajstić information content (AvgIpc) is 3.21. The molecule has 1 aromatic carbocycles. The first kappa shape index (κ1) is 19.3. The monoisotopic (exact) mass is 391 g/mol. The summed E-state index contributed by atoms with van der Waals surface area (Å²) in [4.78, 5) is 19.3. The van der Waals surface area contributed by atoms with Crippen LogP contribution in [0.3, 0.4) is 0 Å². The zero-order valence-corrected chi connectivity index (χ0v) is 16.5. The van der Waals surface area contributed by atoms with Crippen molar-refractivity contribution >= 4 is 5.91 Å². The summed E-state index contributed by atoms with van der Waals surface area (Å²) in [5, 5.41) is 14.2. The summed E-state index contributed by atoms with van der Waals surface area (Å²) in [6.45, 7) is 2.96. The fraction of sp³-hybridized carbons (Fsp3) is 0.348. The van der Waals surface area contributed by atoms with Crippen molar-refractivity contribution in [3.05, 3.63) is 71.7 Å². The second kappa shape index (κ2) is 8.57. The van der Waals surface area contributed by atoms with Gasteiger partial charge in [0.05, 0.1) is 0 Å². The van der Waals surface area contributed by atoms with Crippen LogP contribution in [0, 0.1) is 5.92 Å². The lowest BCUT2D eigenvalue weighted by atomic mass is 9.90. The third kappa shape index (κ3) is 4.22. The van der Waals surface area contributed by atoms with E-state index < -0.39 is 6.10 Å². The van der Waals surface area contributed by atoms with Gasteiger partial charge in [-0.15, -0.1) is 0 Å². The van der Waals surface area contributed by atoms with Crippen LogP contribution in [0.1, 0.15) is 47.6 Å². The SMILES string of the molecule is CC(O)c1onc(-c2cccnc2)c1C(=O)N1CCC(Cc2ccccc2)CC1. The quantitative estimate of drug-likeness (QED) is 0.714. The molecule has 6 heteroatoms. The highest BCUT2D eigenvalue weighted by Crippen LogP contribution is 2.31. The minimum Gasteiger partial charge on any atom is -0.385 e.